The fourth-order valence-electron chi connectivity index (χ4n) is 1.83. The average molecular weight is 249 g/mol. The van der Waals surface area contributed by atoms with Crippen molar-refractivity contribution in [3.8, 4) is 0 Å². The minimum atomic E-state index is 0.849. The molecule has 2 aromatic rings. The van der Waals surface area contributed by atoms with E-state index in [1.807, 2.05) is 30.1 Å². The summed E-state index contributed by atoms with van der Waals surface area (Å²) in [5.74, 6) is 0. The predicted octanol–water partition coefficient (Wildman–Crippen LogP) is 2.12. The highest BCUT2D eigenvalue weighted by Crippen LogP contribution is 2.21. The van der Waals surface area contributed by atoms with Crippen molar-refractivity contribution in [3.63, 3.8) is 0 Å². The highest BCUT2D eigenvalue weighted by Gasteiger charge is 2.10. The maximum absolute atomic E-state index is 6.20. The Hall–Kier alpha value is -1.41. The first-order chi connectivity index (χ1) is 8.06. The van der Waals surface area contributed by atoms with Crippen LogP contribution in [0.4, 0.5) is 0 Å². The summed E-state index contributed by atoms with van der Waals surface area (Å²) in [7, 11) is 2.01. The second-order valence-electron chi connectivity index (χ2n) is 4.46. The van der Waals surface area contributed by atoms with Crippen molar-refractivity contribution in [3.05, 3.63) is 58.6 Å². The third-order valence-electron chi connectivity index (χ3n) is 2.94. The number of hydrogen-bond donors (Lipinski definition) is 0. The van der Waals surface area contributed by atoms with E-state index in [0.717, 1.165) is 17.1 Å². The number of nitrogens with zero attached hydrogens (tertiary/aromatic N) is 2. The molecule has 0 spiro atoms. The Morgan fingerprint density at radius 1 is 1.06 bits per heavy atom. The molecule has 1 aromatic heterocycles. The van der Waals surface area contributed by atoms with Gasteiger partial charge in [-0.25, -0.2) is 0 Å². The molecule has 0 N–H and O–H groups in total. The van der Waals surface area contributed by atoms with Crippen LogP contribution in [0.5, 0.6) is 0 Å². The summed E-state index contributed by atoms with van der Waals surface area (Å²) in [6.07, 6.45) is 8.20. The third-order valence-corrected chi connectivity index (χ3v) is 3.33. The van der Waals surface area contributed by atoms with E-state index in [2.05, 4.69) is 36.9 Å². The Bertz CT molecular complexity index is 533. The van der Waals surface area contributed by atoms with Crippen LogP contribution in [0, 0.1) is 13.8 Å². The van der Waals surface area contributed by atoms with Crippen LogP contribution in [-0.2, 0) is 13.6 Å². The second kappa shape index (κ2) is 4.84. The molecule has 0 unspecified atom stereocenters. The molecule has 0 saturated heterocycles. The minimum absolute atomic E-state index is 0.849. The smallest absolute Gasteiger partial charge is 0.197 e. The zero-order valence-corrected chi connectivity index (χ0v) is 11.2. The summed E-state index contributed by atoms with van der Waals surface area (Å²) in [6.45, 7) is 5.00. The van der Waals surface area contributed by atoms with Crippen molar-refractivity contribution in [1.29, 1.82) is 0 Å². The lowest BCUT2D eigenvalue weighted by Crippen LogP contribution is -2.39. The summed E-state index contributed by atoms with van der Waals surface area (Å²) in [6, 6.07) is 4.21. The lowest BCUT2D eigenvalue weighted by molar-refractivity contribution is -0.735. The molecule has 2 nitrogen and oxygen atoms in total. The van der Waals surface area contributed by atoms with Crippen LogP contribution in [-0.4, -0.2) is 0 Å². The molecule has 0 bridgehead atoms. The van der Waals surface area contributed by atoms with E-state index in [1.165, 1.54) is 11.1 Å². The molecule has 17 heavy (non-hydrogen) atoms. The van der Waals surface area contributed by atoms with Gasteiger partial charge in [-0.05, 0) is 37.1 Å². The van der Waals surface area contributed by atoms with Crippen molar-refractivity contribution >= 4 is 11.6 Å². The standard InChI is InChI=1S/C14H17ClN2/c1-11-8-13(12(2)14(15)9-11)10-17-6-4-16(3)5-7-17/h4-9H,10H2,1-3H3/q+2. The van der Waals surface area contributed by atoms with E-state index >= 15 is 0 Å². The van der Waals surface area contributed by atoms with E-state index in [0.29, 0.717) is 0 Å². The van der Waals surface area contributed by atoms with Crippen LogP contribution < -0.4 is 9.13 Å². The molecule has 2 rings (SSSR count). The lowest BCUT2D eigenvalue weighted by Gasteiger charge is -2.06. The van der Waals surface area contributed by atoms with E-state index in [1.54, 1.807) is 0 Å². The van der Waals surface area contributed by atoms with Gasteiger partial charge in [0, 0.05) is 10.6 Å². The first-order valence-electron chi connectivity index (χ1n) is 5.66. The Morgan fingerprint density at radius 3 is 2.35 bits per heavy atom. The zero-order valence-electron chi connectivity index (χ0n) is 10.4. The number of aryl methyl sites for hydroxylation is 2. The molecule has 88 valence electrons. The van der Waals surface area contributed by atoms with E-state index < -0.39 is 0 Å². The Labute approximate surface area is 107 Å². The molecule has 0 saturated carbocycles. The highest BCUT2D eigenvalue weighted by atomic mass is 35.5. The van der Waals surface area contributed by atoms with Crippen molar-refractivity contribution in [1.82, 2.24) is 0 Å². The van der Waals surface area contributed by atoms with Crippen molar-refractivity contribution < 1.29 is 9.13 Å². The van der Waals surface area contributed by atoms with Gasteiger partial charge in [0.15, 0.2) is 6.54 Å². The molecule has 3 heteroatoms. The van der Waals surface area contributed by atoms with Gasteiger partial charge in [0.05, 0.1) is 0 Å². The molecule has 0 atom stereocenters. The maximum atomic E-state index is 6.20. The Balaban J connectivity index is 2.32. The van der Waals surface area contributed by atoms with Gasteiger partial charge in [-0.2, -0.15) is 9.13 Å². The molecule has 0 radical (unpaired) electrons. The molecule has 0 aliphatic heterocycles. The van der Waals surface area contributed by atoms with Crippen LogP contribution in [0.2, 0.25) is 5.02 Å². The van der Waals surface area contributed by atoms with Gasteiger partial charge >= 0.3 is 0 Å². The third kappa shape index (κ3) is 2.83. The molecule has 1 aromatic carbocycles. The largest absolute Gasteiger partial charge is 0.233 e. The highest BCUT2D eigenvalue weighted by molar-refractivity contribution is 6.31. The van der Waals surface area contributed by atoms with Gasteiger partial charge in [0.1, 0.15) is 7.05 Å². The molecule has 0 aliphatic rings. The average Bonchev–Trinajstić information content (AvgIpc) is 2.28. The topological polar surface area (TPSA) is 7.76 Å². The number of hydrogen-bond acceptors (Lipinski definition) is 0. The number of rotatable bonds is 2. The molecule has 0 fully saturated rings. The summed E-state index contributed by atoms with van der Waals surface area (Å²) in [5, 5.41) is 0.849. The van der Waals surface area contributed by atoms with Gasteiger partial charge in [-0.1, -0.05) is 11.6 Å². The van der Waals surface area contributed by atoms with E-state index in [9.17, 15) is 0 Å². The SMILES string of the molecule is Cc1cc(Cl)c(C)c(C[n+]2cc[n+](C)cc2)c1. The normalized spacial score (nSPS) is 10.6. The molecule has 0 aliphatic carbocycles. The maximum Gasteiger partial charge on any atom is 0.233 e. The fourth-order valence-corrected chi connectivity index (χ4v) is 2.13. The molecular formula is C14H17ClN2+2. The van der Waals surface area contributed by atoms with Crippen LogP contribution >= 0.6 is 11.6 Å². The monoisotopic (exact) mass is 248 g/mol. The van der Waals surface area contributed by atoms with Crippen LogP contribution in [0.3, 0.4) is 0 Å². The van der Waals surface area contributed by atoms with Crippen LogP contribution in [0.25, 0.3) is 0 Å². The van der Waals surface area contributed by atoms with Crippen LogP contribution in [0.15, 0.2) is 36.9 Å². The summed E-state index contributed by atoms with van der Waals surface area (Å²) in [4.78, 5) is 0. The first-order valence-corrected chi connectivity index (χ1v) is 6.04. The molecule has 0 amide bonds. The van der Waals surface area contributed by atoms with Crippen molar-refractivity contribution in [2.24, 2.45) is 7.05 Å². The summed E-state index contributed by atoms with van der Waals surface area (Å²) in [5.41, 5.74) is 3.64. The van der Waals surface area contributed by atoms with Crippen molar-refractivity contribution in [2.75, 3.05) is 0 Å². The van der Waals surface area contributed by atoms with Gasteiger partial charge in [-0.15, -0.1) is 0 Å². The van der Waals surface area contributed by atoms with Crippen LogP contribution in [0.1, 0.15) is 16.7 Å². The van der Waals surface area contributed by atoms with Gasteiger partial charge in [0.2, 0.25) is 24.8 Å². The molecular weight excluding hydrogens is 232 g/mol. The Kier molecular flexibility index (Phi) is 3.43. The number of halogens is 1. The number of benzene rings is 1. The molecule has 1 heterocycles. The Morgan fingerprint density at radius 2 is 1.71 bits per heavy atom. The fraction of sp³-hybridized carbons (Fsp3) is 0.286. The van der Waals surface area contributed by atoms with Gasteiger partial charge in [0.25, 0.3) is 0 Å². The van der Waals surface area contributed by atoms with Gasteiger partial charge < -0.3 is 0 Å². The minimum Gasteiger partial charge on any atom is -0.197 e. The summed E-state index contributed by atoms with van der Waals surface area (Å²) < 4.78 is 4.17. The van der Waals surface area contributed by atoms with Crippen molar-refractivity contribution in [2.45, 2.75) is 20.4 Å². The quantitative estimate of drug-likeness (QED) is 0.720. The number of aromatic nitrogens is 2. The first kappa shape index (κ1) is 12.1. The lowest BCUT2D eigenvalue weighted by atomic mass is 10.1. The van der Waals surface area contributed by atoms with E-state index in [-0.39, 0.29) is 0 Å². The van der Waals surface area contributed by atoms with E-state index in [4.69, 9.17) is 11.6 Å². The predicted molar refractivity (Wildman–Crippen MR) is 67.8 cm³/mol. The summed E-state index contributed by atoms with van der Waals surface area (Å²) >= 11 is 6.20. The zero-order chi connectivity index (χ0) is 12.4. The second-order valence-corrected chi connectivity index (χ2v) is 4.87. The van der Waals surface area contributed by atoms with Gasteiger partial charge in [-0.3, -0.25) is 0 Å².